The van der Waals surface area contributed by atoms with Gasteiger partial charge < -0.3 is 4.52 Å². The van der Waals surface area contributed by atoms with E-state index in [1.165, 1.54) is 0 Å². The number of sulfonamides is 1. The summed E-state index contributed by atoms with van der Waals surface area (Å²) in [5.74, 6) is 1.89. The van der Waals surface area contributed by atoms with Crippen molar-refractivity contribution in [2.24, 2.45) is 0 Å². The topological polar surface area (TPSA) is 76.3 Å². The zero-order chi connectivity index (χ0) is 16.6. The highest BCUT2D eigenvalue weighted by Crippen LogP contribution is 2.39. The molecule has 0 bridgehead atoms. The van der Waals surface area contributed by atoms with Crippen LogP contribution in [0.5, 0.6) is 0 Å². The van der Waals surface area contributed by atoms with Crippen LogP contribution in [0.2, 0.25) is 0 Å². The molecule has 0 spiro atoms. The lowest BCUT2D eigenvalue weighted by molar-refractivity contribution is 0.357. The van der Waals surface area contributed by atoms with Gasteiger partial charge in [0.2, 0.25) is 15.9 Å². The predicted molar refractivity (Wildman–Crippen MR) is 87.9 cm³/mol. The molecule has 0 radical (unpaired) electrons. The minimum atomic E-state index is -3.42. The smallest absolute Gasteiger partial charge is 0.243 e. The van der Waals surface area contributed by atoms with Gasteiger partial charge in [-0.15, -0.1) is 0 Å². The molecule has 0 amide bonds. The standard InChI is InChI=1S/C17H21N3O3S/c21-24(22,15-6-2-1-3-7-15)20-12-4-5-14(20)10-11-16-18-17(23-19-16)13-8-9-13/h1-3,6-7,13-14H,4-5,8-12H2. The van der Waals surface area contributed by atoms with Gasteiger partial charge in [0.25, 0.3) is 0 Å². The van der Waals surface area contributed by atoms with Crippen LogP contribution in [-0.2, 0) is 16.4 Å². The minimum Gasteiger partial charge on any atom is -0.339 e. The van der Waals surface area contributed by atoms with Crippen molar-refractivity contribution in [1.29, 1.82) is 0 Å². The molecule has 2 aliphatic rings. The molecule has 6 nitrogen and oxygen atoms in total. The van der Waals surface area contributed by atoms with E-state index in [4.69, 9.17) is 4.52 Å². The second-order valence-corrected chi connectivity index (χ2v) is 8.48. The van der Waals surface area contributed by atoms with Crippen LogP contribution in [0.4, 0.5) is 0 Å². The highest BCUT2D eigenvalue weighted by Gasteiger charge is 2.35. The van der Waals surface area contributed by atoms with Gasteiger partial charge in [0.15, 0.2) is 5.82 Å². The average Bonchev–Trinajstić information content (AvgIpc) is 3.15. The molecule has 1 aliphatic carbocycles. The Kier molecular flexibility index (Phi) is 4.14. The molecule has 24 heavy (non-hydrogen) atoms. The summed E-state index contributed by atoms with van der Waals surface area (Å²) in [6.07, 6.45) is 5.44. The normalized spacial score (nSPS) is 22.1. The number of hydrogen-bond donors (Lipinski definition) is 0. The molecule has 7 heteroatoms. The molecule has 1 unspecified atom stereocenters. The molecule has 128 valence electrons. The third-order valence-corrected chi connectivity index (χ3v) is 6.75. The Morgan fingerprint density at radius 2 is 1.96 bits per heavy atom. The van der Waals surface area contributed by atoms with E-state index in [2.05, 4.69) is 10.1 Å². The number of nitrogens with zero attached hydrogens (tertiary/aromatic N) is 3. The van der Waals surface area contributed by atoms with Crippen LogP contribution in [0.3, 0.4) is 0 Å². The Morgan fingerprint density at radius 1 is 1.17 bits per heavy atom. The summed E-state index contributed by atoms with van der Waals surface area (Å²) in [5.41, 5.74) is 0. The predicted octanol–water partition coefficient (Wildman–Crippen LogP) is 2.73. The number of hydrogen-bond acceptors (Lipinski definition) is 5. The highest BCUT2D eigenvalue weighted by atomic mass is 32.2. The van der Waals surface area contributed by atoms with Crippen LogP contribution >= 0.6 is 0 Å². The van der Waals surface area contributed by atoms with Gasteiger partial charge in [-0.1, -0.05) is 23.4 Å². The highest BCUT2D eigenvalue weighted by molar-refractivity contribution is 7.89. The summed E-state index contributed by atoms with van der Waals surface area (Å²) >= 11 is 0. The molecule has 1 atom stereocenters. The molecule has 2 aromatic rings. The van der Waals surface area contributed by atoms with E-state index in [0.717, 1.165) is 38.0 Å². The van der Waals surface area contributed by atoms with Crippen LogP contribution in [0, 0.1) is 0 Å². The first-order valence-electron chi connectivity index (χ1n) is 8.54. The molecule has 1 saturated heterocycles. The lowest BCUT2D eigenvalue weighted by Gasteiger charge is -2.23. The molecule has 2 heterocycles. The maximum absolute atomic E-state index is 12.8. The molecule has 1 saturated carbocycles. The van der Waals surface area contributed by atoms with E-state index >= 15 is 0 Å². The summed E-state index contributed by atoms with van der Waals surface area (Å²) in [6.45, 7) is 0.585. The molecule has 0 N–H and O–H groups in total. The molecule has 2 fully saturated rings. The van der Waals surface area contributed by atoms with Gasteiger partial charge in [-0.25, -0.2) is 8.42 Å². The van der Waals surface area contributed by atoms with Crippen LogP contribution in [-0.4, -0.2) is 35.5 Å². The van der Waals surface area contributed by atoms with E-state index < -0.39 is 10.0 Å². The van der Waals surface area contributed by atoms with Crippen molar-refractivity contribution >= 4 is 10.0 Å². The maximum atomic E-state index is 12.8. The Hall–Kier alpha value is -1.73. The van der Waals surface area contributed by atoms with E-state index in [-0.39, 0.29) is 6.04 Å². The second-order valence-electron chi connectivity index (χ2n) is 6.59. The number of aryl methyl sites for hydroxylation is 1. The van der Waals surface area contributed by atoms with Crippen molar-refractivity contribution in [2.45, 2.75) is 55.4 Å². The van der Waals surface area contributed by atoms with E-state index in [0.29, 0.717) is 29.6 Å². The van der Waals surface area contributed by atoms with Crippen molar-refractivity contribution in [1.82, 2.24) is 14.4 Å². The second kappa shape index (κ2) is 6.29. The van der Waals surface area contributed by atoms with Crippen molar-refractivity contribution in [2.75, 3.05) is 6.54 Å². The fourth-order valence-corrected chi connectivity index (χ4v) is 5.05. The van der Waals surface area contributed by atoms with Gasteiger partial charge >= 0.3 is 0 Å². The first kappa shape index (κ1) is 15.8. The summed E-state index contributed by atoms with van der Waals surface area (Å²) < 4.78 is 32.6. The van der Waals surface area contributed by atoms with Crippen LogP contribution in [0.1, 0.15) is 49.7 Å². The third kappa shape index (κ3) is 3.10. The Bertz CT molecular complexity index is 799. The van der Waals surface area contributed by atoms with Crippen molar-refractivity contribution in [3.05, 3.63) is 42.0 Å². The van der Waals surface area contributed by atoms with E-state index in [1.807, 2.05) is 6.07 Å². The van der Waals surface area contributed by atoms with Crippen molar-refractivity contribution in [3.63, 3.8) is 0 Å². The van der Waals surface area contributed by atoms with E-state index in [9.17, 15) is 8.42 Å². The zero-order valence-electron chi connectivity index (χ0n) is 13.5. The largest absolute Gasteiger partial charge is 0.339 e. The molecule has 1 aliphatic heterocycles. The number of rotatable bonds is 6. The molecular formula is C17H21N3O3S. The summed E-state index contributed by atoms with van der Waals surface area (Å²) in [4.78, 5) is 4.80. The van der Waals surface area contributed by atoms with Gasteiger partial charge in [-0.2, -0.15) is 9.29 Å². The quantitative estimate of drug-likeness (QED) is 0.803. The van der Waals surface area contributed by atoms with Gasteiger partial charge in [0.05, 0.1) is 4.90 Å². The van der Waals surface area contributed by atoms with Crippen LogP contribution in [0.15, 0.2) is 39.8 Å². The Morgan fingerprint density at radius 3 is 2.71 bits per heavy atom. The first-order valence-corrected chi connectivity index (χ1v) is 9.98. The summed E-state index contributed by atoms with van der Waals surface area (Å²) in [5, 5.41) is 4.03. The van der Waals surface area contributed by atoms with Gasteiger partial charge in [0.1, 0.15) is 0 Å². The number of aromatic nitrogens is 2. The fraction of sp³-hybridized carbons (Fsp3) is 0.529. The minimum absolute atomic E-state index is 0.0121. The lowest BCUT2D eigenvalue weighted by atomic mass is 10.1. The van der Waals surface area contributed by atoms with E-state index in [1.54, 1.807) is 28.6 Å². The van der Waals surface area contributed by atoms with Crippen molar-refractivity contribution in [3.8, 4) is 0 Å². The Labute approximate surface area is 141 Å². The Balaban J connectivity index is 1.44. The van der Waals surface area contributed by atoms with Gasteiger partial charge in [-0.05, 0) is 44.2 Å². The molecular weight excluding hydrogens is 326 g/mol. The van der Waals surface area contributed by atoms with Crippen molar-refractivity contribution < 1.29 is 12.9 Å². The maximum Gasteiger partial charge on any atom is 0.243 e. The lowest BCUT2D eigenvalue weighted by Crippen LogP contribution is -2.35. The van der Waals surface area contributed by atoms with Crippen LogP contribution in [0.25, 0.3) is 0 Å². The monoisotopic (exact) mass is 347 g/mol. The fourth-order valence-electron chi connectivity index (χ4n) is 3.30. The SMILES string of the molecule is O=S(=O)(c1ccccc1)N1CCCC1CCc1noc(C2CC2)n1. The average molecular weight is 347 g/mol. The first-order chi connectivity index (χ1) is 11.6. The molecule has 1 aromatic heterocycles. The number of benzene rings is 1. The summed E-state index contributed by atoms with van der Waals surface area (Å²) in [7, 11) is -3.42. The van der Waals surface area contributed by atoms with Crippen LogP contribution < -0.4 is 0 Å². The summed E-state index contributed by atoms with van der Waals surface area (Å²) in [6, 6.07) is 8.68. The van der Waals surface area contributed by atoms with Gasteiger partial charge in [-0.3, -0.25) is 0 Å². The third-order valence-electron chi connectivity index (χ3n) is 4.78. The van der Waals surface area contributed by atoms with Gasteiger partial charge in [0, 0.05) is 24.9 Å². The zero-order valence-corrected chi connectivity index (χ0v) is 14.3. The molecule has 1 aromatic carbocycles. The molecule has 4 rings (SSSR count).